The summed E-state index contributed by atoms with van der Waals surface area (Å²) < 4.78 is 38.0. The van der Waals surface area contributed by atoms with Crippen molar-refractivity contribution in [2.75, 3.05) is 10.3 Å². The third-order valence-electron chi connectivity index (χ3n) is 6.65. The summed E-state index contributed by atoms with van der Waals surface area (Å²) in [4.78, 5) is 9.55. The molecule has 1 aliphatic heterocycles. The molecule has 1 atom stereocenters. The van der Waals surface area contributed by atoms with Crippen molar-refractivity contribution in [1.29, 1.82) is 0 Å². The lowest BCUT2D eigenvalue weighted by Gasteiger charge is -2.42. The van der Waals surface area contributed by atoms with Crippen molar-refractivity contribution in [1.82, 2.24) is 14.5 Å². The largest absolute Gasteiger partial charge is 0.324 e. The van der Waals surface area contributed by atoms with Crippen molar-refractivity contribution in [3.8, 4) is 0 Å². The highest BCUT2D eigenvalue weighted by molar-refractivity contribution is 7.79. The van der Waals surface area contributed by atoms with Gasteiger partial charge in [0.25, 0.3) is 0 Å². The fraction of sp³-hybridized carbons (Fsp3) is 0.409. The van der Waals surface area contributed by atoms with E-state index in [1.165, 1.54) is 0 Å². The average Bonchev–Trinajstić information content (AvgIpc) is 3.57. The van der Waals surface area contributed by atoms with Crippen LogP contribution in [0.15, 0.2) is 46.5 Å². The predicted octanol–water partition coefficient (Wildman–Crippen LogP) is 4.68. The van der Waals surface area contributed by atoms with Crippen LogP contribution in [0.2, 0.25) is 0 Å². The van der Waals surface area contributed by atoms with Crippen molar-refractivity contribution in [2.45, 2.75) is 61.4 Å². The van der Waals surface area contributed by atoms with Crippen molar-refractivity contribution >= 4 is 45.5 Å². The number of rotatable bonds is 4. The summed E-state index contributed by atoms with van der Waals surface area (Å²) in [5.41, 5.74) is 0.617. The highest BCUT2D eigenvalue weighted by atomic mass is 32.2. The van der Waals surface area contributed by atoms with E-state index >= 15 is 4.39 Å². The van der Waals surface area contributed by atoms with Crippen LogP contribution in [-0.2, 0) is 16.6 Å². The van der Waals surface area contributed by atoms with Crippen LogP contribution in [0, 0.1) is 0 Å². The van der Waals surface area contributed by atoms with Gasteiger partial charge in [0.15, 0.2) is 11.1 Å². The molecule has 2 aliphatic carbocycles. The summed E-state index contributed by atoms with van der Waals surface area (Å²) in [5, 5.41) is 10.3. The summed E-state index contributed by atoms with van der Waals surface area (Å²) in [7, 11) is 0. The van der Waals surface area contributed by atoms with E-state index in [0.717, 1.165) is 43.3 Å². The first kappa shape index (κ1) is 19.8. The summed E-state index contributed by atoms with van der Waals surface area (Å²) in [6.07, 6.45) is 8.23. The number of hydrogen-bond donors (Lipinski definition) is 2. The molecule has 2 saturated carbocycles. The Labute approximate surface area is 186 Å². The smallest absolute Gasteiger partial charge is 0.234 e. The van der Waals surface area contributed by atoms with Crippen molar-refractivity contribution in [3.63, 3.8) is 0 Å². The lowest BCUT2D eigenvalue weighted by Crippen LogP contribution is -2.48. The molecular formula is C22H23FN6O2S. The number of fused-ring (bicyclic) bond motifs is 4. The number of nitrogens with zero attached hydrogens (tertiary/aromatic N) is 5. The van der Waals surface area contributed by atoms with Crippen LogP contribution in [0.1, 0.15) is 44.9 Å². The molecule has 2 aromatic heterocycles. The van der Waals surface area contributed by atoms with E-state index < -0.39 is 16.6 Å². The maximum Gasteiger partial charge on any atom is 0.234 e. The molecule has 0 amide bonds. The fourth-order valence-corrected chi connectivity index (χ4v) is 5.26. The number of halogens is 1. The van der Waals surface area contributed by atoms with Crippen LogP contribution >= 0.6 is 0 Å². The molecule has 3 heterocycles. The van der Waals surface area contributed by atoms with Crippen LogP contribution in [0.25, 0.3) is 11.0 Å². The summed E-state index contributed by atoms with van der Waals surface area (Å²) in [6.45, 7) is 0. The third-order valence-corrected chi connectivity index (χ3v) is 7.32. The Bertz CT molecular complexity index is 1250. The first-order chi connectivity index (χ1) is 15.5. The first-order valence-corrected chi connectivity index (χ1v) is 12.1. The average molecular weight is 455 g/mol. The van der Waals surface area contributed by atoms with Crippen LogP contribution in [0.4, 0.5) is 21.8 Å². The van der Waals surface area contributed by atoms with Crippen molar-refractivity contribution in [3.05, 3.63) is 36.5 Å². The van der Waals surface area contributed by atoms with Gasteiger partial charge in [-0.3, -0.25) is 4.57 Å². The van der Waals surface area contributed by atoms with E-state index in [0.29, 0.717) is 35.0 Å². The second kappa shape index (κ2) is 7.35. The zero-order valence-corrected chi connectivity index (χ0v) is 18.2. The molecule has 0 saturated heterocycles. The third kappa shape index (κ3) is 3.12. The van der Waals surface area contributed by atoms with E-state index in [4.69, 9.17) is 4.98 Å². The number of aromatic nitrogens is 3. The molecule has 0 radical (unpaired) electrons. The Morgan fingerprint density at radius 2 is 1.91 bits per heavy atom. The van der Waals surface area contributed by atoms with Gasteiger partial charge in [0.1, 0.15) is 17.0 Å². The fourth-order valence-electron chi connectivity index (χ4n) is 4.90. The standard InChI is InChI=1S/C22H23FN6O2S/c23-20-22(10-2-1-3-11-22)28-18(29(27-20)16-6-7-16)12-14-13-24-21(26-19(14)28)25-15-4-8-17(9-5-15)32(30)31/h4-5,8-9,12-13,16H,1-3,6-7,10-11H2,(H,30,31)(H,24,25,26). The van der Waals surface area contributed by atoms with Crippen LogP contribution in [-0.4, -0.2) is 35.3 Å². The zero-order valence-electron chi connectivity index (χ0n) is 17.4. The molecule has 3 aliphatic rings. The monoisotopic (exact) mass is 454 g/mol. The maximum absolute atomic E-state index is 15.6. The molecule has 1 spiro atoms. The van der Waals surface area contributed by atoms with E-state index in [1.54, 1.807) is 30.5 Å². The zero-order chi connectivity index (χ0) is 21.9. The van der Waals surface area contributed by atoms with Gasteiger partial charge >= 0.3 is 0 Å². The summed E-state index contributed by atoms with van der Waals surface area (Å²) >= 11 is -2.02. The first-order valence-electron chi connectivity index (χ1n) is 11.0. The highest BCUT2D eigenvalue weighted by Gasteiger charge is 2.48. The van der Waals surface area contributed by atoms with Crippen LogP contribution < -0.4 is 10.3 Å². The molecule has 32 heavy (non-hydrogen) atoms. The minimum Gasteiger partial charge on any atom is -0.324 e. The molecule has 10 heteroatoms. The summed E-state index contributed by atoms with van der Waals surface area (Å²) in [5.74, 6) is 0.977. The lowest BCUT2D eigenvalue weighted by atomic mass is 9.81. The van der Waals surface area contributed by atoms with Gasteiger partial charge in [-0.25, -0.2) is 14.2 Å². The molecule has 1 unspecified atom stereocenters. The molecular weight excluding hydrogens is 431 g/mol. The Balaban J connectivity index is 1.44. The number of hydrazone groups is 1. The molecule has 166 valence electrons. The van der Waals surface area contributed by atoms with Gasteiger partial charge in [-0.05, 0) is 56.0 Å². The van der Waals surface area contributed by atoms with E-state index in [9.17, 15) is 8.76 Å². The molecule has 1 aromatic carbocycles. The van der Waals surface area contributed by atoms with Crippen molar-refractivity contribution < 1.29 is 13.2 Å². The van der Waals surface area contributed by atoms with E-state index in [-0.39, 0.29) is 12.0 Å². The Morgan fingerprint density at radius 3 is 2.59 bits per heavy atom. The maximum atomic E-state index is 15.6. The van der Waals surface area contributed by atoms with E-state index in [1.807, 2.05) is 11.1 Å². The Hall–Kier alpha value is -2.85. The lowest BCUT2D eigenvalue weighted by molar-refractivity contribution is 0.262. The Morgan fingerprint density at radius 1 is 1.16 bits per heavy atom. The number of benzene rings is 1. The summed E-state index contributed by atoms with van der Waals surface area (Å²) in [6, 6.07) is 8.82. The SMILES string of the molecule is O=S(O)c1ccc(Nc2ncc3cc4n(c3n2)C2(CCCCC2)C(F)=NN4C2CC2)cc1. The molecule has 6 rings (SSSR count). The second-order valence-corrected chi connectivity index (χ2v) is 9.74. The van der Waals surface area contributed by atoms with Gasteiger partial charge in [-0.15, -0.1) is 5.10 Å². The molecule has 3 aromatic rings. The molecule has 2 fully saturated rings. The van der Waals surface area contributed by atoms with Gasteiger partial charge < -0.3 is 9.87 Å². The van der Waals surface area contributed by atoms with Gasteiger partial charge in [-0.1, -0.05) is 19.3 Å². The topological polar surface area (TPSA) is 95.6 Å². The van der Waals surface area contributed by atoms with Crippen LogP contribution in [0.5, 0.6) is 0 Å². The van der Waals surface area contributed by atoms with Gasteiger partial charge in [0, 0.05) is 17.3 Å². The van der Waals surface area contributed by atoms with E-state index in [2.05, 4.69) is 20.0 Å². The van der Waals surface area contributed by atoms with Gasteiger partial charge in [0.05, 0.1) is 10.9 Å². The molecule has 8 nitrogen and oxygen atoms in total. The minimum atomic E-state index is -2.02. The molecule has 2 N–H and O–H groups in total. The predicted molar refractivity (Wildman–Crippen MR) is 121 cm³/mol. The Kier molecular flexibility index (Phi) is 4.55. The number of hydrogen-bond acceptors (Lipinski definition) is 6. The molecule has 0 bridgehead atoms. The second-order valence-electron chi connectivity index (χ2n) is 8.77. The minimum absolute atomic E-state index is 0.242. The number of nitrogens with one attached hydrogen (secondary N) is 1. The van der Waals surface area contributed by atoms with Gasteiger partial charge in [0.2, 0.25) is 11.9 Å². The van der Waals surface area contributed by atoms with Crippen LogP contribution in [0.3, 0.4) is 0 Å². The van der Waals surface area contributed by atoms with Gasteiger partial charge in [-0.2, -0.15) is 9.37 Å². The quantitative estimate of drug-likeness (QED) is 0.556. The highest BCUT2D eigenvalue weighted by Crippen LogP contribution is 2.47. The normalized spacial score (nSPS) is 20.8. The van der Waals surface area contributed by atoms with Crippen molar-refractivity contribution in [2.24, 2.45) is 5.10 Å². The number of anilines is 3.